The number of nitrogens with one attached hydrogen (secondary N) is 2. The van der Waals surface area contributed by atoms with Gasteiger partial charge in [0.25, 0.3) is 5.22 Å². The molecule has 4 rings (SSSR count). The summed E-state index contributed by atoms with van der Waals surface area (Å²) >= 11 is 2.56. The number of aryl methyl sites for hydroxylation is 1. The molecule has 0 spiro atoms. The topological polar surface area (TPSA) is 106 Å². The summed E-state index contributed by atoms with van der Waals surface area (Å²) in [6.45, 7) is 2.32. The molecule has 0 unspecified atom stereocenters. The summed E-state index contributed by atoms with van der Waals surface area (Å²) < 4.78 is 23.7. The first kappa shape index (κ1) is 23.2. The maximum absolute atomic E-state index is 13.0. The minimum atomic E-state index is -0.393. The Labute approximate surface area is 198 Å². The molecular weight excluding hydrogens is 467 g/mol. The van der Waals surface area contributed by atoms with Crippen molar-refractivity contribution in [3.63, 3.8) is 0 Å². The van der Waals surface area contributed by atoms with Gasteiger partial charge >= 0.3 is 5.97 Å². The van der Waals surface area contributed by atoms with E-state index in [2.05, 4.69) is 20.8 Å². The lowest BCUT2D eigenvalue weighted by molar-refractivity contribution is -0.113. The number of esters is 1. The van der Waals surface area contributed by atoms with Gasteiger partial charge in [-0.05, 0) is 62.4 Å². The third-order valence-electron chi connectivity index (χ3n) is 4.97. The average molecular weight is 491 g/mol. The van der Waals surface area contributed by atoms with Crippen LogP contribution in [0.25, 0.3) is 0 Å². The van der Waals surface area contributed by atoms with E-state index in [0.717, 1.165) is 53.6 Å². The standard InChI is InChI=1S/C22H23FN4O4S2/c1-2-30-21(29)19-15-5-3-4-6-16(15)33-20(19)25-17(28)12-32-22-27-26-18(31-22)11-24-14-9-7-13(23)8-10-14/h7-10,24H,2-6,11-12H2,1H3,(H,25,28). The highest BCUT2D eigenvalue weighted by Gasteiger charge is 2.27. The number of thioether (sulfide) groups is 1. The van der Waals surface area contributed by atoms with Crippen LogP contribution < -0.4 is 10.6 Å². The Kier molecular flexibility index (Phi) is 7.61. The van der Waals surface area contributed by atoms with E-state index in [9.17, 15) is 14.0 Å². The number of nitrogens with zero attached hydrogens (tertiary/aromatic N) is 2. The molecule has 0 bridgehead atoms. The highest BCUT2D eigenvalue weighted by molar-refractivity contribution is 7.99. The molecule has 0 saturated heterocycles. The zero-order valence-electron chi connectivity index (χ0n) is 18.0. The zero-order chi connectivity index (χ0) is 23.2. The lowest BCUT2D eigenvalue weighted by Crippen LogP contribution is -2.17. The second-order valence-electron chi connectivity index (χ2n) is 7.29. The fourth-order valence-electron chi connectivity index (χ4n) is 3.48. The molecule has 0 atom stereocenters. The van der Waals surface area contributed by atoms with Crippen LogP contribution in [0.2, 0.25) is 0 Å². The van der Waals surface area contributed by atoms with Crippen molar-refractivity contribution in [2.24, 2.45) is 0 Å². The molecule has 11 heteroatoms. The molecule has 8 nitrogen and oxygen atoms in total. The molecule has 2 aromatic heterocycles. The molecule has 3 aromatic rings. The number of hydrogen-bond donors (Lipinski definition) is 2. The molecule has 2 N–H and O–H groups in total. The average Bonchev–Trinajstić information content (AvgIpc) is 3.41. The van der Waals surface area contributed by atoms with Crippen LogP contribution in [0.5, 0.6) is 0 Å². The van der Waals surface area contributed by atoms with Crippen LogP contribution in [0, 0.1) is 5.82 Å². The molecular formula is C22H23FN4O4S2. The fourth-order valence-corrected chi connectivity index (χ4v) is 5.35. The number of ether oxygens (including phenoxy) is 1. The Morgan fingerprint density at radius 1 is 1.21 bits per heavy atom. The minimum absolute atomic E-state index is 0.0534. The first-order chi connectivity index (χ1) is 16.0. The van der Waals surface area contributed by atoms with Gasteiger partial charge in [0.2, 0.25) is 11.8 Å². The van der Waals surface area contributed by atoms with Crippen molar-refractivity contribution in [1.29, 1.82) is 0 Å². The van der Waals surface area contributed by atoms with Crippen molar-refractivity contribution in [3.05, 3.63) is 52.0 Å². The highest BCUT2D eigenvalue weighted by Crippen LogP contribution is 2.38. The number of amides is 1. The van der Waals surface area contributed by atoms with E-state index in [0.29, 0.717) is 16.5 Å². The second-order valence-corrected chi connectivity index (χ2v) is 9.33. The van der Waals surface area contributed by atoms with Crippen LogP contribution in [-0.2, 0) is 28.9 Å². The maximum atomic E-state index is 13.0. The summed E-state index contributed by atoms with van der Waals surface area (Å²) in [6.07, 6.45) is 3.83. The van der Waals surface area contributed by atoms with E-state index in [-0.39, 0.29) is 35.9 Å². The third kappa shape index (κ3) is 5.91. The molecule has 1 aliphatic rings. The Morgan fingerprint density at radius 2 is 2.00 bits per heavy atom. The molecule has 1 aliphatic carbocycles. The van der Waals surface area contributed by atoms with Crippen LogP contribution in [0.4, 0.5) is 15.1 Å². The van der Waals surface area contributed by atoms with Crippen LogP contribution in [0.15, 0.2) is 33.9 Å². The van der Waals surface area contributed by atoms with Gasteiger partial charge in [-0.3, -0.25) is 4.79 Å². The van der Waals surface area contributed by atoms with Crippen LogP contribution in [-0.4, -0.2) is 34.4 Å². The largest absolute Gasteiger partial charge is 0.462 e. The van der Waals surface area contributed by atoms with Gasteiger partial charge in [-0.25, -0.2) is 9.18 Å². The summed E-state index contributed by atoms with van der Waals surface area (Å²) in [4.78, 5) is 26.2. The van der Waals surface area contributed by atoms with E-state index in [1.165, 1.54) is 23.5 Å². The number of anilines is 2. The van der Waals surface area contributed by atoms with Crippen molar-refractivity contribution in [2.45, 2.75) is 44.4 Å². The first-order valence-corrected chi connectivity index (χ1v) is 12.4. The molecule has 0 radical (unpaired) electrons. The SMILES string of the molecule is CCOC(=O)c1c(NC(=O)CSc2nnc(CNc3ccc(F)cc3)o2)sc2c1CCCC2. The van der Waals surface area contributed by atoms with Crippen molar-refractivity contribution in [2.75, 3.05) is 23.0 Å². The van der Waals surface area contributed by atoms with Gasteiger partial charge in [0.15, 0.2) is 0 Å². The van der Waals surface area contributed by atoms with Gasteiger partial charge in [0.05, 0.1) is 24.5 Å². The summed E-state index contributed by atoms with van der Waals surface area (Å²) in [5.74, 6) is -0.578. The van der Waals surface area contributed by atoms with Crippen molar-refractivity contribution in [1.82, 2.24) is 10.2 Å². The zero-order valence-corrected chi connectivity index (χ0v) is 19.6. The number of hydrogen-bond acceptors (Lipinski definition) is 9. The van der Waals surface area contributed by atoms with E-state index >= 15 is 0 Å². The Morgan fingerprint density at radius 3 is 2.79 bits per heavy atom. The van der Waals surface area contributed by atoms with E-state index in [1.807, 2.05) is 0 Å². The van der Waals surface area contributed by atoms with Crippen molar-refractivity contribution >= 4 is 45.7 Å². The van der Waals surface area contributed by atoms with E-state index in [4.69, 9.17) is 9.15 Å². The molecule has 1 aromatic carbocycles. The van der Waals surface area contributed by atoms with Crippen LogP contribution in [0.3, 0.4) is 0 Å². The second kappa shape index (κ2) is 10.8. The van der Waals surface area contributed by atoms with Crippen molar-refractivity contribution in [3.8, 4) is 0 Å². The molecule has 0 fully saturated rings. The smallest absolute Gasteiger partial charge is 0.341 e. The maximum Gasteiger partial charge on any atom is 0.341 e. The number of aromatic nitrogens is 2. The number of carbonyl (C=O) groups is 2. The van der Waals surface area contributed by atoms with Crippen LogP contribution in [0.1, 0.15) is 46.5 Å². The predicted molar refractivity (Wildman–Crippen MR) is 124 cm³/mol. The van der Waals surface area contributed by atoms with E-state index < -0.39 is 5.97 Å². The summed E-state index contributed by atoms with van der Waals surface area (Å²) in [5.41, 5.74) is 2.21. The Balaban J connectivity index is 1.33. The third-order valence-corrected chi connectivity index (χ3v) is 6.99. The minimum Gasteiger partial charge on any atom is -0.462 e. The van der Waals surface area contributed by atoms with Gasteiger partial charge in [-0.1, -0.05) is 11.8 Å². The normalized spacial score (nSPS) is 12.8. The lowest BCUT2D eigenvalue weighted by Gasteiger charge is -2.12. The van der Waals surface area contributed by atoms with E-state index in [1.54, 1.807) is 19.1 Å². The van der Waals surface area contributed by atoms with Crippen molar-refractivity contribution < 1.29 is 23.1 Å². The van der Waals surface area contributed by atoms with Gasteiger partial charge in [0, 0.05) is 10.6 Å². The number of carbonyl (C=O) groups excluding carboxylic acids is 2. The number of fused-ring (bicyclic) bond motifs is 1. The van der Waals surface area contributed by atoms with Gasteiger partial charge in [-0.2, -0.15) is 0 Å². The van der Waals surface area contributed by atoms with Gasteiger partial charge in [0.1, 0.15) is 10.8 Å². The number of rotatable bonds is 9. The summed E-state index contributed by atoms with van der Waals surface area (Å²) in [6, 6.07) is 5.93. The molecule has 2 heterocycles. The molecule has 174 valence electrons. The molecule has 0 saturated carbocycles. The monoisotopic (exact) mass is 490 g/mol. The van der Waals surface area contributed by atoms with Gasteiger partial charge in [-0.15, -0.1) is 21.5 Å². The predicted octanol–water partition coefficient (Wildman–Crippen LogP) is 4.67. The summed E-state index contributed by atoms with van der Waals surface area (Å²) in [5, 5.41) is 14.6. The summed E-state index contributed by atoms with van der Waals surface area (Å²) in [7, 11) is 0. The van der Waals surface area contributed by atoms with Gasteiger partial charge < -0.3 is 19.8 Å². The lowest BCUT2D eigenvalue weighted by atomic mass is 9.95. The molecule has 1 amide bonds. The Hall–Kier alpha value is -2.92. The van der Waals surface area contributed by atoms with Crippen LogP contribution >= 0.6 is 23.1 Å². The number of thiophene rings is 1. The fraction of sp³-hybridized carbons (Fsp3) is 0.364. The molecule has 33 heavy (non-hydrogen) atoms. The number of benzene rings is 1. The number of halogens is 1. The molecule has 0 aliphatic heterocycles. The Bertz CT molecular complexity index is 1130. The highest BCUT2D eigenvalue weighted by atomic mass is 32.2. The first-order valence-electron chi connectivity index (χ1n) is 10.6. The quantitative estimate of drug-likeness (QED) is 0.329.